The van der Waals surface area contributed by atoms with Gasteiger partial charge in [-0.1, -0.05) is 12.1 Å². The number of hydrogen-bond acceptors (Lipinski definition) is 5. The van der Waals surface area contributed by atoms with Crippen molar-refractivity contribution in [3.05, 3.63) is 45.9 Å². The highest BCUT2D eigenvalue weighted by atomic mass is 32.2. The van der Waals surface area contributed by atoms with Crippen LogP contribution in [0.25, 0.3) is 0 Å². The van der Waals surface area contributed by atoms with Gasteiger partial charge in [0.25, 0.3) is 0 Å². The third kappa shape index (κ3) is 3.48. The minimum absolute atomic E-state index is 0.0645. The molecule has 0 spiro atoms. The number of Topliss-reactive ketones (excluding diaryl/α,β-unsaturated/α-hetero) is 1. The SMILES string of the molecule is Cc1nc(CC(=O)c2ccc(S(C)(=O)=O)cc2)cs1. The van der Waals surface area contributed by atoms with Gasteiger partial charge < -0.3 is 0 Å². The summed E-state index contributed by atoms with van der Waals surface area (Å²) in [4.78, 5) is 16.5. The van der Waals surface area contributed by atoms with E-state index >= 15 is 0 Å². The highest BCUT2D eigenvalue weighted by Gasteiger charge is 2.11. The van der Waals surface area contributed by atoms with Crippen molar-refractivity contribution in [3.63, 3.8) is 0 Å². The zero-order valence-electron chi connectivity index (χ0n) is 10.6. The Bertz CT molecular complexity index is 700. The number of hydrogen-bond donors (Lipinski definition) is 0. The quantitative estimate of drug-likeness (QED) is 0.812. The summed E-state index contributed by atoms with van der Waals surface area (Å²) in [5, 5.41) is 2.79. The Hall–Kier alpha value is -1.53. The van der Waals surface area contributed by atoms with Gasteiger partial charge >= 0.3 is 0 Å². The number of sulfone groups is 1. The van der Waals surface area contributed by atoms with Gasteiger partial charge in [-0.2, -0.15) is 0 Å². The summed E-state index contributed by atoms with van der Waals surface area (Å²) in [6, 6.07) is 5.99. The lowest BCUT2D eigenvalue weighted by molar-refractivity contribution is 0.0992. The van der Waals surface area contributed by atoms with Crippen LogP contribution in [0.1, 0.15) is 21.1 Å². The Balaban J connectivity index is 2.16. The van der Waals surface area contributed by atoms with Gasteiger partial charge in [-0.25, -0.2) is 13.4 Å². The van der Waals surface area contributed by atoms with Gasteiger partial charge in [-0.3, -0.25) is 4.79 Å². The Morgan fingerprint density at radius 3 is 2.37 bits per heavy atom. The number of rotatable bonds is 4. The summed E-state index contributed by atoms with van der Waals surface area (Å²) in [6.07, 6.45) is 1.38. The monoisotopic (exact) mass is 295 g/mol. The van der Waals surface area contributed by atoms with Crippen LogP contribution in [0.15, 0.2) is 34.5 Å². The number of ketones is 1. The molecule has 1 heterocycles. The molecule has 0 amide bonds. The molecule has 0 unspecified atom stereocenters. The number of thiazole rings is 1. The van der Waals surface area contributed by atoms with Crippen LogP contribution < -0.4 is 0 Å². The first-order chi connectivity index (χ1) is 8.86. The van der Waals surface area contributed by atoms with Gasteiger partial charge in [0.05, 0.1) is 22.0 Å². The van der Waals surface area contributed by atoms with Crippen LogP contribution in [0.3, 0.4) is 0 Å². The van der Waals surface area contributed by atoms with Gasteiger partial charge in [0.15, 0.2) is 15.6 Å². The zero-order valence-corrected chi connectivity index (χ0v) is 12.2. The van der Waals surface area contributed by atoms with E-state index < -0.39 is 9.84 Å². The number of aromatic nitrogens is 1. The molecule has 2 rings (SSSR count). The van der Waals surface area contributed by atoms with Crippen LogP contribution in [-0.4, -0.2) is 25.4 Å². The Labute approximate surface area is 116 Å². The standard InChI is InChI=1S/C13H13NO3S2/c1-9-14-11(8-18-9)7-13(15)10-3-5-12(6-4-10)19(2,16)17/h3-6,8H,7H2,1-2H3. The summed E-state index contributed by atoms with van der Waals surface area (Å²) in [5.41, 5.74) is 1.25. The summed E-state index contributed by atoms with van der Waals surface area (Å²) >= 11 is 1.50. The average Bonchev–Trinajstić information content (AvgIpc) is 2.74. The topological polar surface area (TPSA) is 64.1 Å². The predicted octanol–water partition coefficient (Wildman–Crippen LogP) is 2.28. The molecule has 0 bridgehead atoms. The molecule has 0 N–H and O–H groups in total. The molecule has 1 aromatic carbocycles. The van der Waals surface area contributed by atoms with E-state index in [4.69, 9.17) is 0 Å². The minimum Gasteiger partial charge on any atom is -0.294 e. The fourth-order valence-electron chi connectivity index (χ4n) is 1.64. The van der Waals surface area contributed by atoms with Gasteiger partial charge in [-0.05, 0) is 19.1 Å². The van der Waals surface area contributed by atoms with E-state index in [0.29, 0.717) is 5.56 Å². The third-order valence-electron chi connectivity index (χ3n) is 2.61. The highest BCUT2D eigenvalue weighted by Crippen LogP contribution is 2.14. The number of aryl methyl sites for hydroxylation is 1. The van der Waals surface area contributed by atoms with Gasteiger partial charge in [0.2, 0.25) is 0 Å². The normalized spacial score (nSPS) is 11.5. The molecule has 4 nitrogen and oxygen atoms in total. The smallest absolute Gasteiger partial charge is 0.175 e. The van der Waals surface area contributed by atoms with E-state index in [2.05, 4.69) is 4.98 Å². The predicted molar refractivity (Wildman–Crippen MR) is 74.4 cm³/mol. The van der Waals surface area contributed by atoms with Gasteiger partial charge in [-0.15, -0.1) is 11.3 Å². The molecule has 6 heteroatoms. The van der Waals surface area contributed by atoms with Crippen molar-refractivity contribution in [1.82, 2.24) is 4.98 Å². The van der Waals surface area contributed by atoms with E-state index in [1.807, 2.05) is 12.3 Å². The van der Waals surface area contributed by atoms with Crippen LogP contribution in [-0.2, 0) is 16.3 Å². The van der Waals surface area contributed by atoms with E-state index in [1.165, 1.54) is 35.6 Å². The van der Waals surface area contributed by atoms with Crippen LogP contribution in [0.5, 0.6) is 0 Å². The van der Waals surface area contributed by atoms with Crippen molar-refractivity contribution in [2.24, 2.45) is 0 Å². The van der Waals surface area contributed by atoms with Gasteiger partial charge in [0.1, 0.15) is 0 Å². The molecule has 0 aliphatic carbocycles. The lowest BCUT2D eigenvalue weighted by atomic mass is 10.1. The Kier molecular flexibility index (Phi) is 3.82. The van der Waals surface area contributed by atoms with E-state index in [-0.39, 0.29) is 17.1 Å². The van der Waals surface area contributed by atoms with Gasteiger partial charge in [0, 0.05) is 17.2 Å². The molecule has 0 atom stereocenters. The number of carbonyl (C=O) groups excluding carboxylic acids is 1. The maximum absolute atomic E-state index is 12.0. The lowest BCUT2D eigenvalue weighted by Gasteiger charge is -2.01. The molecule has 0 saturated carbocycles. The van der Waals surface area contributed by atoms with Crippen LogP contribution in [0, 0.1) is 6.92 Å². The molecule has 2 aromatic rings. The van der Waals surface area contributed by atoms with Crippen LogP contribution >= 0.6 is 11.3 Å². The number of nitrogens with zero attached hydrogens (tertiary/aromatic N) is 1. The minimum atomic E-state index is -3.22. The largest absolute Gasteiger partial charge is 0.294 e. The summed E-state index contributed by atoms with van der Waals surface area (Å²) in [7, 11) is -3.22. The first-order valence-electron chi connectivity index (χ1n) is 5.60. The van der Waals surface area contributed by atoms with Crippen molar-refractivity contribution >= 4 is 27.0 Å². The van der Waals surface area contributed by atoms with E-state index in [0.717, 1.165) is 17.0 Å². The zero-order chi connectivity index (χ0) is 14.0. The summed E-state index contributed by atoms with van der Waals surface area (Å²) in [6.45, 7) is 1.89. The maximum atomic E-state index is 12.0. The maximum Gasteiger partial charge on any atom is 0.175 e. The van der Waals surface area contributed by atoms with E-state index in [1.54, 1.807) is 0 Å². The lowest BCUT2D eigenvalue weighted by Crippen LogP contribution is -2.05. The molecule has 0 saturated heterocycles. The van der Waals surface area contributed by atoms with E-state index in [9.17, 15) is 13.2 Å². The molecule has 0 radical (unpaired) electrons. The van der Waals surface area contributed by atoms with Crippen molar-refractivity contribution in [2.45, 2.75) is 18.2 Å². The molecule has 19 heavy (non-hydrogen) atoms. The molecular weight excluding hydrogens is 282 g/mol. The van der Waals surface area contributed by atoms with Crippen molar-refractivity contribution in [3.8, 4) is 0 Å². The molecule has 1 aromatic heterocycles. The van der Waals surface area contributed by atoms with Crippen LogP contribution in [0.2, 0.25) is 0 Å². The number of benzene rings is 1. The average molecular weight is 295 g/mol. The molecule has 100 valence electrons. The molecule has 0 aliphatic rings. The Morgan fingerprint density at radius 1 is 1.26 bits per heavy atom. The summed E-state index contributed by atoms with van der Waals surface area (Å²) in [5.74, 6) is -0.0645. The van der Waals surface area contributed by atoms with Crippen molar-refractivity contribution in [1.29, 1.82) is 0 Å². The van der Waals surface area contributed by atoms with Crippen molar-refractivity contribution < 1.29 is 13.2 Å². The second-order valence-electron chi connectivity index (χ2n) is 4.25. The second-order valence-corrected chi connectivity index (χ2v) is 7.33. The molecule has 0 aliphatic heterocycles. The molecule has 0 fully saturated rings. The molecular formula is C13H13NO3S2. The fourth-order valence-corrected chi connectivity index (χ4v) is 2.89. The summed E-state index contributed by atoms with van der Waals surface area (Å²) < 4.78 is 22.6. The number of carbonyl (C=O) groups is 1. The third-order valence-corrected chi connectivity index (χ3v) is 4.56. The Morgan fingerprint density at radius 2 is 1.89 bits per heavy atom. The fraction of sp³-hybridized carbons (Fsp3) is 0.231. The first kappa shape index (κ1) is 13.9. The van der Waals surface area contributed by atoms with Crippen molar-refractivity contribution in [2.75, 3.05) is 6.26 Å². The highest BCUT2D eigenvalue weighted by molar-refractivity contribution is 7.90. The van der Waals surface area contributed by atoms with Crippen LogP contribution in [0.4, 0.5) is 0 Å². The first-order valence-corrected chi connectivity index (χ1v) is 8.38. The second kappa shape index (κ2) is 5.22.